The molecule has 1 aromatic carbocycles. The van der Waals surface area contributed by atoms with Crippen molar-refractivity contribution in [1.29, 1.82) is 0 Å². The zero-order chi connectivity index (χ0) is 27.2. The van der Waals surface area contributed by atoms with Gasteiger partial charge in [0, 0.05) is 12.0 Å². The molecule has 3 fully saturated rings. The first-order valence-electron chi connectivity index (χ1n) is 12.1. The average molecular weight is 539 g/mol. The third-order valence-corrected chi connectivity index (χ3v) is 7.45. The van der Waals surface area contributed by atoms with Crippen LogP contribution in [0, 0.1) is 11.8 Å². The summed E-state index contributed by atoms with van der Waals surface area (Å²) in [7, 11) is 1.39. The minimum absolute atomic E-state index is 0.0570. The highest BCUT2D eigenvalue weighted by molar-refractivity contribution is 5.87. The molecule has 3 aliphatic heterocycles. The molecular formula is C25H30O13. The van der Waals surface area contributed by atoms with Gasteiger partial charge in [0.1, 0.15) is 42.7 Å². The first kappa shape index (κ1) is 26.8. The fraction of sp³-hybridized carbons (Fsp3) is 0.560. The van der Waals surface area contributed by atoms with Crippen LogP contribution in [0.2, 0.25) is 0 Å². The number of ether oxygens (including phenoxy) is 6. The molecule has 38 heavy (non-hydrogen) atoms. The van der Waals surface area contributed by atoms with Gasteiger partial charge in [0.05, 0.1) is 32.0 Å². The molecule has 11 atom stereocenters. The Morgan fingerprint density at radius 1 is 1.11 bits per heavy atom. The van der Waals surface area contributed by atoms with Gasteiger partial charge < -0.3 is 59.1 Å². The number of esters is 1. The number of methoxy groups -OCH3 is 1. The molecule has 5 rings (SSSR count). The van der Waals surface area contributed by atoms with E-state index in [1.807, 2.05) is 0 Å². The van der Waals surface area contributed by atoms with Gasteiger partial charge in [-0.15, -0.1) is 0 Å². The predicted molar refractivity (Wildman–Crippen MR) is 124 cm³/mol. The summed E-state index contributed by atoms with van der Waals surface area (Å²) in [6, 6.07) is 4.47. The van der Waals surface area contributed by atoms with Crippen LogP contribution in [0.1, 0.15) is 5.56 Å². The summed E-state index contributed by atoms with van der Waals surface area (Å²) in [6.45, 7) is -0.861. The lowest BCUT2D eigenvalue weighted by Gasteiger charge is -2.43. The number of phenolic OH excluding ortho intramolecular Hbond substituents is 1. The van der Waals surface area contributed by atoms with Crippen LogP contribution in [0.3, 0.4) is 0 Å². The minimum atomic E-state index is -1.70. The van der Waals surface area contributed by atoms with E-state index in [9.17, 15) is 35.4 Å². The SMILES string of the molecule is COc1cc(/C=C/C(=O)OC[C@H]2O[C@@H](O[C@@H]3OC=C[C@H]4[C@H](O)[C@@H]5O[C@@]5(CO)[C@@H]34)[C@H](O)[C@@H](O)[C@@H]2O)ccc1O. The van der Waals surface area contributed by atoms with Crippen LogP contribution in [-0.2, 0) is 28.5 Å². The molecule has 0 spiro atoms. The van der Waals surface area contributed by atoms with Crippen LogP contribution < -0.4 is 4.74 Å². The fourth-order valence-electron chi connectivity index (χ4n) is 5.34. The predicted octanol–water partition coefficient (Wildman–Crippen LogP) is -1.61. The Balaban J connectivity index is 1.21. The summed E-state index contributed by atoms with van der Waals surface area (Å²) < 4.78 is 32.7. The zero-order valence-electron chi connectivity index (χ0n) is 20.3. The van der Waals surface area contributed by atoms with Crippen LogP contribution >= 0.6 is 0 Å². The number of aromatic hydroxyl groups is 1. The fourth-order valence-corrected chi connectivity index (χ4v) is 5.34. The van der Waals surface area contributed by atoms with Crippen LogP contribution in [0.5, 0.6) is 11.5 Å². The number of aliphatic hydroxyl groups is 5. The quantitative estimate of drug-likeness (QED) is 0.126. The first-order chi connectivity index (χ1) is 18.2. The van der Waals surface area contributed by atoms with Crippen LogP contribution in [0.25, 0.3) is 6.08 Å². The molecule has 208 valence electrons. The lowest BCUT2D eigenvalue weighted by atomic mass is 9.85. The van der Waals surface area contributed by atoms with E-state index in [1.165, 1.54) is 31.6 Å². The van der Waals surface area contributed by atoms with Crippen molar-refractivity contribution in [3.05, 3.63) is 42.2 Å². The van der Waals surface area contributed by atoms with Crippen molar-refractivity contribution < 1.29 is 63.9 Å². The van der Waals surface area contributed by atoms with E-state index in [1.54, 1.807) is 12.1 Å². The third kappa shape index (κ3) is 4.65. The van der Waals surface area contributed by atoms with E-state index in [0.717, 1.165) is 6.08 Å². The number of hydrogen-bond donors (Lipinski definition) is 6. The summed E-state index contributed by atoms with van der Waals surface area (Å²) in [5.41, 5.74) is -0.517. The molecule has 0 radical (unpaired) electrons. The molecule has 13 nitrogen and oxygen atoms in total. The standard InChI is InChI=1S/C25H30O13/c1-33-14-8-11(2-4-13(14)27)3-5-16(28)35-9-15-19(30)20(31)21(32)24(36-15)37-23-17-12(6-7-34-23)18(29)22-25(17,10-26)38-22/h2-8,12,15,17-24,26-27,29-32H,9-10H2,1H3/b5-3+/t12-,15-,17-,18+,19-,20+,21-,22+,23+,24+,25+/m1/s1. The second kappa shape index (κ2) is 10.4. The van der Waals surface area contributed by atoms with Crippen molar-refractivity contribution in [2.45, 2.75) is 54.8 Å². The number of fused-ring (bicyclic) bond motifs is 3. The molecule has 3 heterocycles. The lowest BCUT2D eigenvalue weighted by Crippen LogP contribution is -2.60. The van der Waals surface area contributed by atoms with E-state index in [4.69, 9.17) is 28.4 Å². The molecule has 0 unspecified atom stereocenters. The van der Waals surface area contributed by atoms with Crippen LogP contribution in [0.4, 0.5) is 0 Å². The maximum absolute atomic E-state index is 12.2. The van der Waals surface area contributed by atoms with Crippen molar-refractivity contribution in [3.8, 4) is 11.5 Å². The molecule has 6 N–H and O–H groups in total. The van der Waals surface area contributed by atoms with Gasteiger partial charge in [0.25, 0.3) is 0 Å². The minimum Gasteiger partial charge on any atom is -0.504 e. The smallest absolute Gasteiger partial charge is 0.330 e. The summed E-state index contributed by atoms with van der Waals surface area (Å²) in [6.07, 6.45) is -4.80. The van der Waals surface area contributed by atoms with Gasteiger partial charge in [-0.2, -0.15) is 0 Å². The lowest BCUT2D eigenvalue weighted by molar-refractivity contribution is -0.344. The molecule has 0 aromatic heterocycles. The summed E-state index contributed by atoms with van der Waals surface area (Å²) >= 11 is 0. The van der Waals surface area contributed by atoms with Gasteiger partial charge in [-0.25, -0.2) is 4.79 Å². The van der Waals surface area contributed by atoms with Crippen LogP contribution in [0.15, 0.2) is 36.6 Å². The van der Waals surface area contributed by atoms with E-state index in [-0.39, 0.29) is 18.1 Å². The molecule has 4 aliphatic rings. The van der Waals surface area contributed by atoms with Crippen molar-refractivity contribution in [2.24, 2.45) is 11.8 Å². The molecule has 0 bridgehead atoms. The first-order valence-corrected chi connectivity index (χ1v) is 12.1. The number of rotatable bonds is 8. The average Bonchev–Trinajstić information content (AvgIpc) is 3.61. The van der Waals surface area contributed by atoms with Crippen molar-refractivity contribution in [3.63, 3.8) is 0 Å². The van der Waals surface area contributed by atoms with Gasteiger partial charge >= 0.3 is 5.97 Å². The van der Waals surface area contributed by atoms with Gasteiger partial charge in [-0.05, 0) is 29.8 Å². The summed E-state index contributed by atoms with van der Waals surface area (Å²) in [5.74, 6) is -1.68. The van der Waals surface area contributed by atoms with Crippen molar-refractivity contribution >= 4 is 12.0 Å². The summed E-state index contributed by atoms with van der Waals surface area (Å²) in [5, 5.41) is 61.3. The number of benzene rings is 1. The molecule has 1 saturated carbocycles. The zero-order valence-corrected chi connectivity index (χ0v) is 20.3. The third-order valence-electron chi connectivity index (χ3n) is 7.45. The normalized spacial score (nSPS) is 41.3. The van der Waals surface area contributed by atoms with Crippen molar-refractivity contribution in [1.82, 2.24) is 0 Å². The van der Waals surface area contributed by atoms with Gasteiger partial charge in [-0.3, -0.25) is 0 Å². The Hall–Kier alpha value is -2.75. The van der Waals surface area contributed by atoms with Gasteiger partial charge in [0.15, 0.2) is 17.8 Å². The van der Waals surface area contributed by atoms with E-state index in [0.29, 0.717) is 5.56 Å². The maximum atomic E-state index is 12.2. The topological polar surface area (TPSA) is 197 Å². The monoisotopic (exact) mass is 538 g/mol. The van der Waals surface area contributed by atoms with Crippen molar-refractivity contribution in [2.75, 3.05) is 20.3 Å². The molecule has 13 heteroatoms. The number of hydrogen-bond acceptors (Lipinski definition) is 13. The van der Waals surface area contributed by atoms with E-state index >= 15 is 0 Å². The maximum Gasteiger partial charge on any atom is 0.330 e. The highest BCUT2D eigenvalue weighted by atomic mass is 16.8. The molecular weight excluding hydrogens is 508 g/mol. The van der Waals surface area contributed by atoms with Gasteiger partial charge in [0.2, 0.25) is 6.29 Å². The molecule has 2 saturated heterocycles. The number of carbonyl (C=O) groups is 1. The number of phenols is 1. The Bertz CT molecular complexity index is 1090. The Morgan fingerprint density at radius 2 is 1.89 bits per heavy atom. The molecule has 1 aromatic rings. The number of aliphatic hydroxyl groups excluding tert-OH is 5. The number of epoxide rings is 1. The van der Waals surface area contributed by atoms with Crippen LogP contribution in [-0.4, -0.2) is 112 Å². The summed E-state index contributed by atoms with van der Waals surface area (Å²) in [4.78, 5) is 12.2. The number of carbonyl (C=O) groups excluding carboxylic acids is 1. The highest BCUT2D eigenvalue weighted by Crippen LogP contribution is 2.59. The second-order valence-corrected chi connectivity index (χ2v) is 9.62. The second-order valence-electron chi connectivity index (χ2n) is 9.62. The highest BCUT2D eigenvalue weighted by Gasteiger charge is 2.75. The molecule has 1 aliphatic carbocycles. The van der Waals surface area contributed by atoms with E-state index < -0.39 is 79.2 Å². The van der Waals surface area contributed by atoms with Gasteiger partial charge in [-0.1, -0.05) is 6.07 Å². The Kier molecular flexibility index (Phi) is 7.37. The Labute approximate surface area is 217 Å². The Morgan fingerprint density at radius 3 is 2.63 bits per heavy atom. The largest absolute Gasteiger partial charge is 0.504 e. The van der Waals surface area contributed by atoms with E-state index in [2.05, 4.69) is 0 Å². The molecule has 0 amide bonds.